The average Bonchev–Trinajstić information content (AvgIpc) is 3.35. The molecule has 0 radical (unpaired) electrons. The summed E-state index contributed by atoms with van der Waals surface area (Å²) in [5.74, 6) is -0.744. The molecular formula is C25H25F4N3O3S. The standard InChI is InChI=1S/C25H25F4N3O3S/c1-35-13-12-31(24(34)30-21-10-6-19(7-11-21)25(27,28)29)17-23(33)32(16-22-3-2-14-36-22)15-18-4-8-20(26)9-5-18/h2-11,14H,12-13,15-17H2,1H3,(H,30,34). The van der Waals surface area contributed by atoms with Crippen LogP contribution in [-0.2, 0) is 28.8 Å². The fraction of sp³-hybridized carbons (Fsp3) is 0.280. The van der Waals surface area contributed by atoms with Gasteiger partial charge in [0.25, 0.3) is 0 Å². The van der Waals surface area contributed by atoms with Gasteiger partial charge in [0.15, 0.2) is 0 Å². The molecule has 3 rings (SSSR count). The van der Waals surface area contributed by atoms with Crippen LogP contribution in [0, 0.1) is 5.82 Å². The summed E-state index contributed by atoms with van der Waals surface area (Å²) in [4.78, 5) is 29.9. The first kappa shape index (κ1) is 27.2. The van der Waals surface area contributed by atoms with Gasteiger partial charge in [-0.2, -0.15) is 13.2 Å². The fourth-order valence-corrected chi connectivity index (χ4v) is 4.01. The molecule has 0 saturated heterocycles. The van der Waals surface area contributed by atoms with E-state index in [1.54, 1.807) is 17.0 Å². The van der Waals surface area contributed by atoms with Gasteiger partial charge in [0.2, 0.25) is 5.91 Å². The summed E-state index contributed by atoms with van der Waals surface area (Å²) >= 11 is 1.48. The number of nitrogens with one attached hydrogen (secondary N) is 1. The van der Waals surface area contributed by atoms with Crippen molar-refractivity contribution in [2.75, 3.05) is 32.1 Å². The number of halogens is 4. The number of carbonyl (C=O) groups is 2. The molecule has 36 heavy (non-hydrogen) atoms. The molecule has 0 spiro atoms. The third-order valence-corrected chi connectivity index (χ3v) is 6.07. The number of hydrogen-bond acceptors (Lipinski definition) is 4. The van der Waals surface area contributed by atoms with E-state index in [0.717, 1.165) is 34.7 Å². The molecule has 0 aliphatic rings. The molecule has 0 unspecified atom stereocenters. The van der Waals surface area contributed by atoms with E-state index in [1.807, 2.05) is 17.5 Å². The first-order valence-electron chi connectivity index (χ1n) is 10.9. The number of anilines is 1. The van der Waals surface area contributed by atoms with Crippen LogP contribution >= 0.6 is 11.3 Å². The Morgan fingerprint density at radius 2 is 1.67 bits per heavy atom. The monoisotopic (exact) mass is 523 g/mol. The number of ether oxygens (including phenoxy) is 1. The highest BCUT2D eigenvalue weighted by Gasteiger charge is 2.30. The summed E-state index contributed by atoms with van der Waals surface area (Å²) in [6.07, 6.45) is -4.49. The number of alkyl halides is 3. The zero-order chi connectivity index (χ0) is 26.1. The molecule has 0 aliphatic heterocycles. The van der Waals surface area contributed by atoms with Gasteiger partial charge in [0, 0.05) is 30.8 Å². The maximum atomic E-state index is 13.3. The number of benzene rings is 2. The normalized spacial score (nSPS) is 11.2. The summed E-state index contributed by atoms with van der Waals surface area (Å²) < 4.78 is 56.8. The second-order valence-corrected chi connectivity index (χ2v) is 8.91. The van der Waals surface area contributed by atoms with Crippen LogP contribution in [0.2, 0.25) is 0 Å². The van der Waals surface area contributed by atoms with Crippen molar-refractivity contribution in [1.29, 1.82) is 0 Å². The third kappa shape index (κ3) is 8.06. The van der Waals surface area contributed by atoms with Crippen LogP contribution in [0.25, 0.3) is 0 Å². The van der Waals surface area contributed by atoms with Gasteiger partial charge in [-0.15, -0.1) is 11.3 Å². The summed E-state index contributed by atoms with van der Waals surface area (Å²) in [6.45, 7) is 0.444. The quantitative estimate of drug-likeness (QED) is 0.351. The molecule has 11 heteroatoms. The largest absolute Gasteiger partial charge is 0.416 e. The highest BCUT2D eigenvalue weighted by atomic mass is 32.1. The van der Waals surface area contributed by atoms with Crippen LogP contribution in [-0.4, -0.2) is 48.5 Å². The number of urea groups is 1. The van der Waals surface area contributed by atoms with Gasteiger partial charge >= 0.3 is 12.2 Å². The Bertz CT molecular complexity index is 1120. The van der Waals surface area contributed by atoms with Gasteiger partial charge in [-0.25, -0.2) is 9.18 Å². The first-order chi connectivity index (χ1) is 17.2. The Morgan fingerprint density at radius 1 is 0.972 bits per heavy atom. The van der Waals surface area contributed by atoms with Crippen LogP contribution in [0.5, 0.6) is 0 Å². The first-order valence-corrected chi connectivity index (χ1v) is 11.8. The summed E-state index contributed by atoms with van der Waals surface area (Å²) in [5.41, 5.74) is 0.0421. The van der Waals surface area contributed by atoms with E-state index in [1.165, 1.54) is 35.5 Å². The minimum atomic E-state index is -4.49. The molecule has 3 aromatic rings. The lowest BCUT2D eigenvalue weighted by molar-refractivity contribution is -0.137. The van der Waals surface area contributed by atoms with Crippen molar-refractivity contribution in [2.24, 2.45) is 0 Å². The van der Waals surface area contributed by atoms with Crippen LogP contribution in [0.3, 0.4) is 0 Å². The van der Waals surface area contributed by atoms with Crippen molar-refractivity contribution in [3.63, 3.8) is 0 Å². The molecule has 6 nitrogen and oxygen atoms in total. The van der Waals surface area contributed by atoms with E-state index in [0.29, 0.717) is 6.54 Å². The molecule has 0 saturated carbocycles. The molecule has 1 aromatic heterocycles. The molecule has 0 atom stereocenters. The molecule has 3 amide bonds. The van der Waals surface area contributed by atoms with E-state index in [2.05, 4.69) is 5.32 Å². The van der Waals surface area contributed by atoms with Crippen LogP contribution < -0.4 is 5.32 Å². The Kier molecular flexibility index (Phi) is 9.43. The lowest BCUT2D eigenvalue weighted by Gasteiger charge is -2.27. The van der Waals surface area contributed by atoms with Crippen LogP contribution in [0.4, 0.5) is 28.0 Å². The molecule has 2 aromatic carbocycles. The summed E-state index contributed by atoms with van der Waals surface area (Å²) in [6, 6.07) is 12.9. The molecule has 192 valence electrons. The lowest BCUT2D eigenvalue weighted by Crippen LogP contribution is -2.45. The fourth-order valence-electron chi connectivity index (χ4n) is 3.30. The second kappa shape index (κ2) is 12.5. The predicted octanol–water partition coefficient (Wildman–Crippen LogP) is 5.62. The van der Waals surface area contributed by atoms with Gasteiger partial charge in [0.05, 0.1) is 18.7 Å². The Labute approximate surface area is 210 Å². The minimum Gasteiger partial charge on any atom is -0.383 e. The molecular weight excluding hydrogens is 498 g/mol. The van der Waals surface area contributed by atoms with Gasteiger partial charge in [-0.1, -0.05) is 18.2 Å². The van der Waals surface area contributed by atoms with E-state index in [9.17, 15) is 27.2 Å². The van der Waals surface area contributed by atoms with Crippen molar-refractivity contribution in [3.05, 3.63) is 87.9 Å². The number of carbonyl (C=O) groups excluding carboxylic acids is 2. The lowest BCUT2D eigenvalue weighted by atomic mass is 10.2. The maximum absolute atomic E-state index is 13.3. The van der Waals surface area contributed by atoms with Crippen molar-refractivity contribution in [2.45, 2.75) is 19.3 Å². The van der Waals surface area contributed by atoms with E-state index in [4.69, 9.17) is 4.74 Å². The predicted molar refractivity (Wildman–Crippen MR) is 129 cm³/mol. The van der Waals surface area contributed by atoms with E-state index in [-0.39, 0.29) is 43.7 Å². The van der Waals surface area contributed by atoms with Crippen molar-refractivity contribution >= 4 is 29.0 Å². The number of amides is 3. The molecule has 1 N–H and O–H groups in total. The Morgan fingerprint density at radius 3 is 2.25 bits per heavy atom. The Balaban J connectivity index is 1.73. The molecule has 0 bridgehead atoms. The molecule has 1 heterocycles. The number of thiophene rings is 1. The molecule has 0 fully saturated rings. The van der Waals surface area contributed by atoms with Gasteiger partial charge in [-0.3, -0.25) is 4.79 Å². The van der Waals surface area contributed by atoms with Crippen molar-refractivity contribution in [1.82, 2.24) is 9.80 Å². The minimum absolute atomic E-state index is 0.0814. The molecule has 0 aliphatic carbocycles. The third-order valence-electron chi connectivity index (χ3n) is 5.21. The number of nitrogens with zero attached hydrogens (tertiary/aromatic N) is 2. The van der Waals surface area contributed by atoms with Crippen molar-refractivity contribution < 1.29 is 31.9 Å². The SMILES string of the molecule is COCCN(CC(=O)N(Cc1ccc(F)cc1)Cc1cccs1)C(=O)Nc1ccc(C(F)(F)F)cc1. The highest BCUT2D eigenvalue weighted by Crippen LogP contribution is 2.29. The summed E-state index contributed by atoms with van der Waals surface area (Å²) in [5, 5.41) is 4.42. The number of methoxy groups -OCH3 is 1. The van der Waals surface area contributed by atoms with Gasteiger partial charge in [-0.05, 0) is 53.4 Å². The van der Waals surface area contributed by atoms with Crippen LogP contribution in [0.1, 0.15) is 16.0 Å². The van der Waals surface area contributed by atoms with Gasteiger partial charge < -0.3 is 19.9 Å². The van der Waals surface area contributed by atoms with Crippen LogP contribution in [0.15, 0.2) is 66.0 Å². The highest BCUT2D eigenvalue weighted by molar-refractivity contribution is 7.09. The average molecular weight is 524 g/mol. The smallest absolute Gasteiger partial charge is 0.383 e. The summed E-state index contributed by atoms with van der Waals surface area (Å²) in [7, 11) is 1.45. The number of rotatable bonds is 10. The van der Waals surface area contributed by atoms with Gasteiger partial charge in [0.1, 0.15) is 12.4 Å². The maximum Gasteiger partial charge on any atom is 0.416 e. The zero-order valence-corrected chi connectivity index (χ0v) is 20.2. The zero-order valence-electron chi connectivity index (χ0n) is 19.4. The van der Waals surface area contributed by atoms with E-state index < -0.39 is 17.8 Å². The second-order valence-electron chi connectivity index (χ2n) is 7.88. The topological polar surface area (TPSA) is 61.9 Å². The van der Waals surface area contributed by atoms with E-state index >= 15 is 0 Å². The van der Waals surface area contributed by atoms with Crippen molar-refractivity contribution in [3.8, 4) is 0 Å². The Hall–Kier alpha value is -3.44. The number of hydrogen-bond donors (Lipinski definition) is 1.